The van der Waals surface area contributed by atoms with Crippen molar-refractivity contribution < 1.29 is 19.1 Å². The number of amides is 1. The number of nitrogens with zero attached hydrogens (tertiary/aromatic N) is 1. The number of benzene rings is 1. The third-order valence-electron chi connectivity index (χ3n) is 3.07. The summed E-state index contributed by atoms with van der Waals surface area (Å²) in [5, 5.41) is 12.2. The first-order valence-electron chi connectivity index (χ1n) is 7.08. The first-order valence-corrected chi connectivity index (χ1v) is 7.90. The third kappa shape index (κ3) is 4.13. The lowest BCUT2D eigenvalue weighted by atomic mass is 10.1. The molecule has 0 unspecified atom stereocenters. The van der Waals surface area contributed by atoms with Gasteiger partial charge in [0.05, 0.1) is 22.0 Å². The molecule has 2 rings (SSSR count). The molecule has 0 saturated heterocycles. The molecule has 0 aliphatic carbocycles. The van der Waals surface area contributed by atoms with Gasteiger partial charge in [0.25, 0.3) is 5.91 Å². The van der Waals surface area contributed by atoms with E-state index in [4.69, 9.17) is 5.11 Å². The topological polar surface area (TPSA) is 79.3 Å². The highest BCUT2D eigenvalue weighted by Gasteiger charge is 2.19. The van der Waals surface area contributed by atoms with Gasteiger partial charge in [0, 0.05) is 0 Å². The molecule has 0 bridgehead atoms. The van der Waals surface area contributed by atoms with Gasteiger partial charge in [-0.3, -0.25) is 4.79 Å². The number of carboxylic acid groups (broad SMARTS) is 1. The number of hydrogen-bond donors (Lipinski definition) is 2. The van der Waals surface area contributed by atoms with Crippen molar-refractivity contribution >= 4 is 28.9 Å². The molecule has 5 nitrogen and oxygen atoms in total. The molecule has 0 spiro atoms. The van der Waals surface area contributed by atoms with Gasteiger partial charge in [-0.25, -0.2) is 14.2 Å². The van der Waals surface area contributed by atoms with Crippen molar-refractivity contribution in [2.24, 2.45) is 5.92 Å². The molecule has 122 valence electrons. The molecule has 1 heterocycles. The molecule has 0 fully saturated rings. The van der Waals surface area contributed by atoms with Gasteiger partial charge in [0.2, 0.25) is 0 Å². The summed E-state index contributed by atoms with van der Waals surface area (Å²) >= 11 is 1.24. The second-order valence-corrected chi connectivity index (χ2v) is 6.76. The standard InChI is InChI=1S/C16H17FN2O3S/c1-8(2)6-13-14(23-9(3)18-13)15(20)19-12-7-10(16(21)22)4-5-11(12)17/h4-5,7-8H,6H2,1-3H3,(H,19,20)(H,21,22). The molecule has 1 amide bonds. The first-order chi connectivity index (χ1) is 10.8. The van der Waals surface area contributed by atoms with Crippen molar-refractivity contribution in [1.29, 1.82) is 0 Å². The van der Waals surface area contributed by atoms with Crippen molar-refractivity contribution in [2.45, 2.75) is 27.2 Å². The number of aromatic carboxylic acids is 1. The quantitative estimate of drug-likeness (QED) is 0.872. The van der Waals surface area contributed by atoms with Crippen LogP contribution in [0.15, 0.2) is 18.2 Å². The molecule has 0 radical (unpaired) electrons. The van der Waals surface area contributed by atoms with Gasteiger partial charge in [0.1, 0.15) is 10.7 Å². The van der Waals surface area contributed by atoms with Crippen LogP contribution in [0.4, 0.5) is 10.1 Å². The number of nitrogens with one attached hydrogen (secondary N) is 1. The number of carbonyl (C=O) groups is 2. The Morgan fingerprint density at radius 3 is 2.70 bits per heavy atom. The van der Waals surface area contributed by atoms with Crippen LogP contribution in [-0.4, -0.2) is 22.0 Å². The third-order valence-corrected chi connectivity index (χ3v) is 4.09. The first kappa shape index (κ1) is 17.1. The van der Waals surface area contributed by atoms with Crippen LogP contribution in [0.1, 0.15) is 44.6 Å². The van der Waals surface area contributed by atoms with Crippen molar-refractivity contribution in [3.8, 4) is 0 Å². The van der Waals surface area contributed by atoms with E-state index in [1.165, 1.54) is 11.3 Å². The maximum Gasteiger partial charge on any atom is 0.335 e. The number of rotatable bonds is 5. The van der Waals surface area contributed by atoms with Crippen LogP contribution in [-0.2, 0) is 6.42 Å². The number of carbonyl (C=O) groups excluding carboxylic acids is 1. The van der Waals surface area contributed by atoms with Crippen molar-refractivity contribution in [3.05, 3.63) is 45.2 Å². The van der Waals surface area contributed by atoms with Crippen LogP contribution in [0.3, 0.4) is 0 Å². The van der Waals surface area contributed by atoms with Gasteiger partial charge in [-0.2, -0.15) is 0 Å². The molecule has 7 heteroatoms. The Morgan fingerprint density at radius 1 is 1.39 bits per heavy atom. The van der Waals surface area contributed by atoms with Crippen molar-refractivity contribution in [2.75, 3.05) is 5.32 Å². The van der Waals surface area contributed by atoms with Gasteiger partial charge in [-0.1, -0.05) is 13.8 Å². The van der Waals surface area contributed by atoms with Crippen molar-refractivity contribution in [1.82, 2.24) is 4.98 Å². The lowest BCUT2D eigenvalue weighted by Gasteiger charge is -2.08. The van der Waals surface area contributed by atoms with Gasteiger partial charge >= 0.3 is 5.97 Å². The average molecular weight is 336 g/mol. The van der Waals surface area contributed by atoms with E-state index in [1.54, 1.807) is 6.92 Å². The van der Waals surface area contributed by atoms with Crippen LogP contribution in [0, 0.1) is 18.7 Å². The maximum atomic E-state index is 13.8. The van der Waals surface area contributed by atoms with Gasteiger partial charge in [0.15, 0.2) is 0 Å². The maximum absolute atomic E-state index is 13.8. The van der Waals surface area contributed by atoms with Crippen LogP contribution in [0.25, 0.3) is 0 Å². The van der Waals surface area contributed by atoms with E-state index in [2.05, 4.69) is 10.3 Å². The number of anilines is 1. The minimum atomic E-state index is -1.19. The summed E-state index contributed by atoms with van der Waals surface area (Å²) in [6.07, 6.45) is 0.644. The summed E-state index contributed by atoms with van der Waals surface area (Å²) < 4.78 is 13.8. The molecule has 0 atom stereocenters. The highest BCUT2D eigenvalue weighted by molar-refractivity contribution is 7.13. The van der Waals surface area contributed by atoms with E-state index in [-0.39, 0.29) is 11.3 Å². The summed E-state index contributed by atoms with van der Waals surface area (Å²) in [6.45, 7) is 5.84. The number of aromatic nitrogens is 1. The molecule has 23 heavy (non-hydrogen) atoms. The summed E-state index contributed by atoms with van der Waals surface area (Å²) in [6, 6.07) is 3.27. The van der Waals surface area contributed by atoms with E-state index in [0.717, 1.165) is 23.2 Å². The zero-order valence-corrected chi connectivity index (χ0v) is 13.8. The molecule has 0 aliphatic rings. The fourth-order valence-corrected chi connectivity index (χ4v) is 2.95. The van der Waals surface area contributed by atoms with Gasteiger partial charge in [-0.05, 0) is 37.5 Å². The molecule has 1 aromatic carbocycles. The SMILES string of the molecule is Cc1nc(CC(C)C)c(C(=O)Nc2cc(C(=O)O)ccc2F)s1. The zero-order valence-electron chi connectivity index (χ0n) is 13.0. The molecule has 2 N–H and O–H groups in total. The predicted octanol–water partition coefficient (Wildman–Crippen LogP) is 3.74. The number of aryl methyl sites for hydroxylation is 1. The highest BCUT2D eigenvalue weighted by atomic mass is 32.1. The second-order valence-electron chi connectivity index (χ2n) is 5.56. The van der Waals surface area contributed by atoms with E-state index >= 15 is 0 Å². The summed E-state index contributed by atoms with van der Waals surface area (Å²) in [5.74, 6) is -2.02. The Hall–Kier alpha value is -2.28. The number of carboxylic acids is 1. The minimum absolute atomic E-state index is 0.0930. The fraction of sp³-hybridized carbons (Fsp3) is 0.312. The van der Waals surface area contributed by atoms with Crippen LogP contribution < -0.4 is 5.32 Å². The predicted molar refractivity (Wildman–Crippen MR) is 86.7 cm³/mol. The Bertz CT molecular complexity index is 756. The molecule has 0 saturated carbocycles. The minimum Gasteiger partial charge on any atom is -0.478 e. The van der Waals surface area contributed by atoms with E-state index in [0.29, 0.717) is 22.9 Å². The smallest absolute Gasteiger partial charge is 0.335 e. The Morgan fingerprint density at radius 2 is 2.09 bits per heavy atom. The Kier molecular flexibility index (Phi) is 5.10. The van der Waals surface area contributed by atoms with Crippen LogP contribution >= 0.6 is 11.3 Å². The lowest BCUT2D eigenvalue weighted by Crippen LogP contribution is -2.15. The van der Waals surface area contributed by atoms with Crippen molar-refractivity contribution in [3.63, 3.8) is 0 Å². The van der Waals surface area contributed by atoms with E-state index < -0.39 is 17.7 Å². The summed E-state index contributed by atoms with van der Waals surface area (Å²) in [5.41, 5.74) is 0.427. The van der Waals surface area contributed by atoms with Gasteiger partial charge in [-0.15, -0.1) is 11.3 Å². The number of thiazole rings is 1. The van der Waals surface area contributed by atoms with Crippen LogP contribution in [0.2, 0.25) is 0 Å². The molecule has 1 aromatic heterocycles. The second kappa shape index (κ2) is 6.87. The van der Waals surface area contributed by atoms with Crippen LogP contribution in [0.5, 0.6) is 0 Å². The fourth-order valence-electron chi connectivity index (χ4n) is 2.11. The van der Waals surface area contributed by atoms with Gasteiger partial charge < -0.3 is 10.4 Å². The Labute approximate surface area is 137 Å². The largest absolute Gasteiger partial charge is 0.478 e. The van der Waals surface area contributed by atoms with E-state index in [1.807, 2.05) is 13.8 Å². The average Bonchev–Trinajstić information content (AvgIpc) is 2.80. The normalized spacial score (nSPS) is 10.8. The molecule has 2 aromatic rings. The highest BCUT2D eigenvalue weighted by Crippen LogP contribution is 2.23. The monoisotopic (exact) mass is 336 g/mol. The molecular formula is C16H17FN2O3S. The van der Waals surface area contributed by atoms with E-state index in [9.17, 15) is 14.0 Å². The Balaban J connectivity index is 2.29. The summed E-state index contributed by atoms with van der Waals surface area (Å²) in [7, 11) is 0. The number of halogens is 1. The molecule has 0 aliphatic heterocycles. The lowest BCUT2D eigenvalue weighted by molar-refractivity contribution is 0.0696. The molecular weight excluding hydrogens is 319 g/mol. The number of hydrogen-bond acceptors (Lipinski definition) is 4. The zero-order chi connectivity index (χ0) is 17.1. The summed E-state index contributed by atoms with van der Waals surface area (Å²) in [4.78, 5) is 28.1.